The van der Waals surface area contributed by atoms with Gasteiger partial charge in [0.05, 0.1) is 0 Å². The van der Waals surface area contributed by atoms with Gasteiger partial charge < -0.3 is 14.8 Å². The van der Waals surface area contributed by atoms with Gasteiger partial charge in [0.15, 0.2) is 12.2 Å². The molecule has 152 valence electrons. The zero-order valence-corrected chi connectivity index (χ0v) is 16.9. The molecular weight excluding hydrogens is 354 g/mol. The van der Waals surface area contributed by atoms with Crippen molar-refractivity contribution in [2.24, 2.45) is 17.8 Å². The molecule has 5 rings (SSSR count). The predicted molar refractivity (Wildman–Crippen MR) is 106 cm³/mol. The van der Waals surface area contributed by atoms with Crippen molar-refractivity contribution >= 4 is 11.9 Å². The molecule has 0 heterocycles. The van der Waals surface area contributed by atoms with Gasteiger partial charge in [-0.25, -0.2) is 4.79 Å². The number of nitrogens with one attached hydrogen (secondary N) is 1. The molecule has 0 spiro atoms. The van der Waals surface area contributed by atoms with Gasteiger partial charge in [0.1, 0.15) is 5.75 Å². The lowest BCUT2D eigenvalue weighted by molar-refractivity contribution is -0.163. The average molecular weight is 386 g/mol. The van der Waals surface area contributed by atoms with E-state index in [4.69, 9.17) is 9.47 Å². The van der Waals surface area contributed by atoms with Crippen molar-refractivity contribution in [1.29, 1.82) is 0 Å². The number of hydrogen-bond donors (Lipinski definition) is 1. The molecule has 4 fully saturated rings. The number of carbonyl (C=O) groups is 2. The van der Waals surface area contributed by atoms with E-state index < -0.39 is 18.2 Å². The van der Waals surface area contributed by atoms with Crippen molar-refractivity contribution in [2.45, 2.75) is 76.5 Å². The van der Waals surface area contributed by atoms with Crippen molar-refractivity contribution in [2.75, 3.05) is 0 Å². The summed E-state index contributed by atoms with van der Waals surface area (Å²) in [5.41, 5.74) is -0.0722. The Morgan fingerprint density at radius 2 is 1.64 bits per heavy atom. The fourth-order valence-electron chi connectivity index (χ4n) is 5.89. The Bertz CT molecular complexity index is 681. The van der Waals surface area contributed by atoms with Gasteiger partial charge in [-0.3, -0.25) is 4.79 Å². The van der Waals surface area contributed by atoms with E-state index in [-0.39, 0.29) is 11.4 Å². The summed E-state index contributed by atoms with van der Waals surface area (Å²) in [6.45, 7) is 3.53. The number of ether oxygens (including phenoxy) is 2. The van der Waals surface area contributed by atoms with Crippen LogP contribution in [0.2, 0.25) is 0 Å². The van der Waals surface area contributed by atoms with Crippen LogP contribution < -0.4 is 10.1 Å². The van der Waals surface area contributed by atoms with Gasteiger partial charge >= 0.3 is 5.97 Å². The Balaban J connectivity index is 1.33. The molecule has 1 aromatic carbocycles. The third kappa shape index (κ3) is 4.03. The van der Waals surface area contributed by atoms with Crippen molar-refractivity contribution in [3.05, 3.63) is 30.3 Å². The van der Waals surface area contributed by atoms with E-state index in [1.165, 1.54) is 19.3 Å². The minimum Gasteiger partial charge on any atom is -0.479 e. The Labute approximate surface area is 167 Å². The topological polar surface area (TPSA) is 64.6 Å². The Kier molecular flexibility index (Phi) is 5.35. The second-order valence-corrected chi connectivity index (χ2v) is 9.09. The minimum atomic E-state index is -0.811. The van der Waals surface area contributed by atoms with Gasteiger partial charge in [-0.05, 0) is 81.8 Å². The first kappa shape index (κ1) is 19.3. The molecule has 0 unspecified atom stereocenters. The van der Waals surface area contributed by atoms with Gasteiger partial charge in [0.25, 0.3) is 5.91 Å². The zero-order chi connectivity index (χ0) is 19.7. The molecule has 4 aliphatic rings. The highest BCUT2D eigenvalue weighted by Crippen LogP contribution is 2.55. The van der Waals surface area contributed by atoms with E-state index >= 15 is 0 Å². The van der Waals surface area contributed by atoms with Crippen LogP contribution in [0.4, 0.5) is 0 Å². The van der Waals surface area contributed by atoms with Crippen LogP contribution in [0, 0.1) is 17.8 Å². The van der Waals surface area contributed by atoms with E-state index in [0.29, 0.717) is 12.2 Å². The largest absolute Gasteiger partial charge is 0.479 e. The summed E-state index contributed by atoms with van der Waals surface area (Å²) in [5, 5.41) is 3.28. The number of rotatable bonds is 7. The van der Waals surface area contributed by atoms with Crippen LogP contribution >= 0.6 is 0 Å². The Morgan fingerprint density at radius 1 is 1.07 bits per heavy atom. The van der Waals surface area contributed by atoms with Gasteiger partial charge in [0, 0.05) is 5.54 Å². The number of carbonyl (C=O) groups excluding carboxylic acids is 2. The fourth-order valence-corrected chi connectivity index (χ4v) is 5.89. The number of benzene rings is 1. The smallest absolute Gasteiger partial charge is 0.348 e. The van der Waals surface area contributed by atoms with Crippen LogP contribution in [0.1, 0.15) is 58.8 Å². The second kappa shape index (κ2) is 7.76. The summed E-state index contributed by atoms with van der Waals surface area (Å²) in [5.74, 6) is 2.23. The van der Waals surface area contributed by atoms with Crippen LogP contribution in [0.25, 0.3) is 0 Å². The van der Waals surface area contributed by atoms with Crippen molar-refractivity contribution in [3.8, 4) is 5.75 Å². The van der Waals surface area contributed by atoms with Crippen LogP contribution in [-0.2, 0) is 14.3 Å². The standard InChI is InChI=1S/C23H31NO4/c1-3-20(28-19-7-5-4-6-8-19)22(26)27-15(2)21(25)24-23-12-16-9-17(13-23)11-18(10-16)14-23/h4-8,15-18,20H,3,9-14H2,1-2H3,(H,24,25)/t15-,16?,17?,18?,20+,23?/m0/s1. The van der Waals surface area contributed by atoms with Crippen molar-refractivity contribution in [3.63, 3.8) is 0 Å². The number of amides is 1. The minimum absolute atomic E-state index is 0.0722. The molecule has 1 amide bonds. The Morgan fingerprint density at radius 3 is 2.18 bits per heavy atom. The maximum absolute atomic E-state index is 12.8. The first-order chi connectivity index (χ1) is 13.5. The quantitative estimate of drug-likeness (QED) is 0.724. The van der Waals surface area contributed by atoms with E-state index in [0.717, 1.165) is 37.0 Å². The van der Waals surface area contributed by atoms with Crippen molar-refractivity contribution < 1.29 is 19.1 Å². The second-order valence-electron chi connectivity index (χ2n) is 9.09. The molecule has 1 N–H and O–H groups in total. The van der Waals surface area contributed by atoms with E-state index in [1.807, 2.05) is 25.1 Å². The normalized spacial score (nSPS) is 32.4. The molecule has 0 radical (unpaired) electrons. The molecular formula is C23H31NO4. The molecule has 5 heteroatoms. The molecule has 2 atom stereocenters. The summed E-state index contributed by atoms with van der Waals surface area (Å²) in [4.78, 5) is 25.3. The van der Waals surface area contributed by atoms with Crippen LogP contribution in [0.3, 0.4) is 0 Å². The first-order valence-corrected chi connectivity index (χ1v) is 10.7. The average Bonchev–Trinajstić information content (AvgIpc) is 2.65. The monoisotopic (exact) mass is 385 g/mol. The highest BCUT2D eigenvalue weighted by molar-refractivity contribution is 5.85. The summed E-state index contributed by atoms with van der Waals surface area (Å²) >= 11 is 0. The zero-order valence-electron chi connectivity index (χ0n) is 16.9. The molecule has 0 aromatic heterocycles. The van der Waals surface area contributed by atoms with Crippen molar-refractivity contribution in [1.82, 2.24) is 5.32 Å². The van der Waals surface area contributed by atoms with Crippen LogP contribution in [0.5, 0.6) is 5.75 Å². The molecule has 1 aromatic rings. The lowest BCUT2D eigenvalue weighted by atomic mass is 9.53. The van der Waals surface area contributed by atoms with E-state index in [9.17, 15) is 9.59 Å². The molecule has 0 saturated heterocycles. The third-order valence-corrected chi connectivity index (χ3v) is 6.74. The Hall–Kier alpha value is -2.04. The van der Waals surface area contributed by atoms with E-state index in [2.05, 4.69) is 5.32 Å². The molecule has 4 saturated carbocycles. The molecule has 0 aliphatic heterocycles. The third-order valence-electron chi connectivity index (χ3n) is 6.74. The van der Waals surface area contributed by atoms with E-state index in [1.54, 1.807) is 19.1 Å². The lowest BCUT2D eigenvalue weighted by Crippen LogP contribution is -2.61. The van der Waals surface area contributed by atoms with Gasteiger partial charge in [-0.2, -0.15) is 0 Å². The molecule has 5 nitrogen and oxygen atoms in total. The summed E-state index contributed by atoms with van der Waals surface area (Å²) in [6.07, 6.45) is 6.20. The predicted octanol–water partition coefficient (Wildman–Crippen LogP) is 3.86. The van der Waals surface area contributed by atoms with Gasteiger partial charge in [-0.1, -0.05) is 25.1 Å². The molecule has 4 bridgehead atoms. The highest BCUT2D eigenvalue weighted by atomic mass is 16.6. The van der Waals surface area contributed by atoms with Crippen LogP contribution in [-0.4, -0.2) is 29.6 Å². The highest BCUT2D eigenvalue weighted by Gasteiger charge is 2.51. The summed E-state index contributed by atoms with van der Waals surface area (Å²) in [7, 11) is 0. The van der Waals surface area contributed by atoms with Gasteiger partial charge in [0.2, 0.25) is 0 Å². The van der Waals surface area contributed by atoms with Crippen LogP contribution in [0.15, 0.2) is 30.3 Å². The first-order valence-electron chi connectivity index (χ1n) is 10.7. The lowest BCUT2D eigenvalue weighted by Gasteiger charge is -2.57. The number of hydrogen-bond acceptors (Lipinski definition) is 4. The fraction of sp³-hybridized carbons (Fsp3) is 0.652. The molecule has 4 aliphatic carbocycles. The van der Waals surface area contributed by atoms with Gasteiger partial charge in [-0.15, -0.1) is 0 Å². The number of para-hydroxylation sites is 1. The summed E-state index contributed by atoms with van der Waals surface area (Å²) in [6, 6.07) is 9.21. The molecule has 28 heavy (non-hydrogen) atoms. The SMILES string of the molecule is CC[C@@H](Oc1ccccc1)C(=O)O[C@@H](C)C(=O)NC12CC3CC(CC(C3)C1)C2. The maximum atomic E-state index is 12.8. The summed E-state index contributed by atoms with van der Waals surface area (Å²) < 4.78 is 11.2. The number of esters is 1. The maximum Gasteiger partial charge on any atom is 0.348 e.